The molecule has 1 heterocycles. The molecule has 3 nitrogen and oxygen atoms in total. The van der Waals surface area contributed by atoms with E-state index < -0.39 is 0 Å². The zero-order valence-corrected chi connectivity index (χ0v) is 10.7. The molecule has 0 bridgehead atoms. The van der Waals surface area contributed by atoms with Crippen molar-refractivity contribution < 1.29 is 4.39 Å². The van der Waals surface area contributed by atoms with E-state index in [1.165, 1.54) is 6.07 Å². The molecule has 2 aromatic rings. The molecular formula is C13H13ClFN3. The molecule has 0 atom stereocenters. The largest absolute Gasteiger partial charge is 0.363 e. The van der Waals surface area contributed by atoms with Gasteiger partial charge in [0.25, 0.3) is 0 Å². The Kier molecular flexibility index (Phi) is 4.10. The quantitative estimate of drug-likeness (QED) is 0.849. The van der Waals surface area contributed by atoms with Crippen molar-refractivity contribution in [3.8, 4) is 0 Å². The van der Waals surface area contributed by atoms with Crippen LogP contribution in [-0.4, -0.2) is 16.7 Å². The highest BCUT2D eigenvalue weighted by Crippen LogP contribution is 2.20. The number of rotatable bonds is 4. The number of halogens is 2. The molecule has 18 heavy (non-hydrogen) atoms. The summed E-state index contributed by atoms with van der Waals surface area (Å²) >= 11 is 5.68. The summed E-state index contributed by atoms with van der Waals surface area (Å²) in [6.07, 6.45) is 0. The molecule has 0 fully saturated rings. The third-order valence-electron chi connectivity index (χ3n) is 2.61. The van der Waals surface area contributed by atoms with Gasteiger partial charge in [-0.3, -0.25) is 0 Å². The van der Waals surface area contributed by atoms with Gasteiger partial charge in [-0.05, 0) is 31.2 Å². The van der Waals surface area contributed by atoms with Gasteiger partial charge in [0.05, 0.1) is 17.9 Å². The third-order valence-corrected chi connectivity index (χ3v) is 2.82. The molecule has 0 aliphatic rings. The molecule has 0 saturated heterocycles. The van der Waals surface area contributed by atoms with E-state index in [0.29, 0.717) is 23.9 Å². The summed E-state index contributed by atoms with van der Waals surface area (Å²) in [5.41, 5.74) is 1.32. The number of hydrogen-bond donors (Lipinski definition) is 0. The zero-order chi connectivity index (χ0) is 13.0. The van der Waals surface area contributed by atoms with Crippen LogP contribution in [0.25, 0.3) is 0 Å². The fraction of sp³-hybridized carbons (Fsp3) is 0.231. The second kappa shape index (κ2) is 5.78. The van der Waals surface area contributed by atoms with Crippen molar-refractivity contribution in [1.82, 2.24) is 10.2 Å². The van der Waals surface area contributed by atoms with Crippen molar-refractivity contribution in [2.24, 2.45) is 0 Å². The normalized spacial score (nSPS) is 10.4. The van der Waals surface area contributed by atoms with Crippen molar-refractivity contribution in [1.29, 1.82) is 0 Å². The van der Waals surface area contributed by atoms with Crippen LogP contribution in [-0.2, 0) is 6.54 Å². The van der Waals surface area contributed by atoms with E-state index in [1.54, 1.807) is 24.3 Å². The predicted molar refractivity (Wildman–Crippen MR) is 70.2 cm³/mol. The number of anilines is 1. The van der Waals surface area contributed by atoms with Crippen molar-refractivity contribution >= 4 is 17.3 Å². The van der Waals surface area contributed by atoms with Crippen molar-refractivity contribution in [3.05, 3.63) is 53.1 Å². The Labute approximate surface area is 110 Å². The summed E-state index contributed by atoms with van der Waals surface area (Å²) in [5.74, 6) is -0.235. The van der Waals surface area contributed by atoms with E-state index in [0.717, 1.165) is 5.69 Å². The summed E-state index contributed by atoms with van der Waals surface area (Å²) in [5, 5.41) is 8.11. The van der Waals surface area contributed by atoms with Crippen LogP contribution in [0.1, 0.15) is 12.6 Å². The topological polar surface area (TPSA) is 29.0 Å². The minimum absolute atomic E-state index is 0.235. The molecule has 5 heteroatoms. The van der Waals surface area contributed by atoms with Crippen LogP contribution in [0.2, 0.25) is 5.15 Å². The number of aromatic nitrogens is 2. The second-order valence-electron chi connectivity index (χ2n) is 3.81. The van der Waals surface area contributed by atoms with Gasteiger partial charge in [0.1, 0.15) is 5.82 Å². The highest BCUT2D eigenvalue weighted by molar-refractivity contribution is 6.29. The first-order chi connectivity index (χ1) is 8.70. The van der Waals surface area contributed by atoms with Crippen molar-refractivity contribution in [2.75, 3.05) is 11.4 Å². The van der Waals surface area contributed by atoms with Crippen LogP contribution < -0.4 is 4.90 Å². The third kappa shape index (κ3) is 2.96. The molecular weight excluding hydrogens is 253 g/mol. The first-order valence-corrected chi connectivity index (χ1v) is 6.06. The summed E-state index contributed by atoms with van der Waals surface area (Å²) in [7, 11) is 0. The fourth-order valence-corrected chi connectivity index (χ4v) is 1.80. The lowest BCUT2D eigenvalue weighted by Crippen LogP contribution is -2.23. The molecule has 1 aromatic carbocycles. The number of hydrogen-bond acceptors (Lipinski definition) is 3. The minimum Gasteiger partial charge on any atom is -0.363 e. The monoisotopic (exact) mass is 265 g/mol. The van der Waals surface area contributed by atoms with Crippen molar-refractivity contribution in [3.63, 3.8) is 0 Å². The van der Waals surface area contributed by atoms with Crippen LogP contribution in [0.4, 0.5) is 10.1 Å². The predicted octanol–water partition coefficient (Wildman–Crippen LogP) is 3.30. The average molecular weight is 266 g/mol. The molecule has 2 rings (SSSR count). The average Bonchev–Trinajstić information content (AvgIpc) is 2.39. The minimum atomic E-state index is -0.235. The molecule has 0 N–H and O–H groups in total. The molecule has 0 spiro atoms. The van der Waals surface area contributed by atoms with E-state index in [4.69, 9.17) is 11.6 Å². The number of benzene rings is 1. The lowest BCUT2D eigenvalue weighted by Gasteiger charge is -2.22. The Hall–Kier alpha value is -1.68. The first kappa shape index (κ1) is 12.8. The lowest BCUT2D eigenvalue weighted by atomic mass is 10.2. The van der Waals surface area contributed by atoms with Crippen molar-refractivity contribution in [2.45, 2.75) is 13.5 Å². The van der Waals surface area contributed by atoms with E-state index in [1.807, 2.05) is 17.9 Å². The van der Waals surface area contributed by atoms with Crippen LogP contribution in [0, 0.1) is 5.82 Å². The van der Waals surface area contributed by atoms with Gasteiger partial charge in [0.15, 0.2) is 5.15 Å². The maximum atomic E-state index is 13.7. The number of nitrogens with zero attached hydrogens (tertiary/aromatic N) is 3. The highest BCUT2D eigenvalue weighted by Gasteiger charge is 2.10. The van der Waals surface area contributed by atoms with E-state index in [9.17, 15) is 4.39 Å². The van der Waals surface area contributed by atoms with Gasteiger partial charge in [-0.1, -0.05) is 23.7 Å². The van der Waals surface area contributed by atoms with Crippen LogP contribution in [0.15, 0.2) is 36.4 Å². The molecule has 1 aromatic heterocycles. The highest BCUT2D eigenvalue weighted by atomic mass is 35.5. The lowest BCUT2D eigenvalue weighted by molar-refractivity contribution is 0.616. The van der Waals surface area contributed by atoms with E-state index >= 15 is 0 Å². The van der Waals surface area contributed by atoms with E-state index in [2.05, 4.69) is 10.2 Å². The molecule has 94 valence electrons. The Morgan fingerprint density at radius 2 is 1.94 bits per heavy atom. The molecule has 0 aliphatic carbocycles. The van der Waals surface area contributed by atoms with E-state index in [-0.39, 0.29) is 5.82 Å². The SMILES string of the molecule is CCN(Cc1ccc(Cl)nn1)c1ccccc1F. The molecule has 0 unspecified atom stereocenters. The van der Waals surface area contributed by atoms with Gasteiger partial charge in [-0.25, -0.2) is 4.39 Å². The standard InChI is InChI=1S/C13H13ClFN3/c1-2-18(12-6-4-3-5-11(12)15)9-10-7-8-13(14)17-16-10/h3-8H,2,9H2,1H3. The Morgan fingerprint density at radius 3 is 2.56 bits per heavy atom. The maximum absolute atomic E-state index is 13.7. The molecule has 0 saturated carbocycles. The smallest absolute Gasteiger partial charge is 0.151 e. The summed E-state index contributed by atoms with van der Waals surface area (Å²) < 4.78 is 13.7. The van der Waals surface area contributed by atoms with Gasteiger partial charge < -0.3 is 4.90 Å². The summed E-state index contributed by atoms with van der Waals surface area (Å²) in [4.78, 5) is 1.90. The van der Waals surface area contributed by atoms with Gasteiger partial charge in [0, 0.05) is 6.54 Å². The molecule has 0 radical (unpaired) electrons. The van der Waals surface area contributed by atoms with Gasteiger partial charge >= 0.3 is 0 Å². The Bertz CT molecular complexity index is 516. The summed E-state index contributed by atoms with van der Waals surface area (Å²) in [6.45, 7) is 3.16. The van der Waals surface area contributed by atoms with Gasteiger partial charge in [-0.2, -0.15) is 5.10 Å². The summed E-state index contributed by atoms with van der Waals surface area (Å²) in [6, 6.07) is 10.2. The maximum Gasteiger partial charge on any atom is 0.151 e. The van der Waals surface area contributed by atoms with Gasteiger partial charge in [0.2, 0.25) is 0 Å². The Morgan fingerprint density at radius 1 is 1.17 bits per heavy atom. The number of para-hydroxylation sites is 1. The first-order valence-electron chi connectivity index (χ1n) is 5.68. The molecule has 0 amide bonds. The Balaban J connectivity index is 2.20. The molecule has 0 aliphatic heterocycles. The van der Waals surface area contributed by atoms with Crippen LogP contribution in [0.5, 0.6) is 0 Å². The van der Waals surface area contributed by atoms with Crippen LogP contribution >= 0.6 is 11.6 Å². The zero-order valence-electron chi connectivity index (χ0n) is 9.98. The fourth-order valence-electron chi connectivity index (χ4n) is 1.70. The van der Waals surface area contributed by atoms with Gasteiger partial charge in [-0.15, -0.1) is 5.10 Å². The second-order valence-corrected chi connectivity index (χ2v) is 4.20. The van der Waals surface area contributed by atoms with Crippen LogP contribution in [0.3, 0.4) is 0 Å².